The summed E-state index contributed by atoms with van der Waals surface area (Å²) in [6.45, 7) is 1.78. The fourth-order valence-electron chi connectivity index (χ4n) is 3.28. The Morgan fingerprint density at radius 3 is 2.24 bits per heavy atom. The molecule has 1 saturated heterocycles. The number of piperazine rings is 1. The van der Waals surface area contributed by atoms with Gasteiger partial charge in [-0.1, -0.05) is 23.2 Å². The minimum absolute atomic E-state index is 0.144. The molecule has 0 atom stereocenters. The molecule has 29 heavy (non-hydrogen) atoms. The van der Waals surface area contributed by atoms with Gasteiger partial charge in [0.25, 0.3) is 5.91 Å². The van der Waals surface area contributed by atoms with Crippen LogP contribution in [0.3, 0.4) is 0 Å². The second-order valence-electron chi connectivity index (χ2n) is 6.63. The summed E-state index contributed by atoms with van der Waals surface area (Å²) in [7, 11) is -3.70. The molecule has 0 radical (unpaired) electrons. The Hall–Kier alpha value is -2.00. The maximum atomic E-state index is 13.0. The van der Waals surface area contributed by atoms with E-state index in [9.17, 15) is 13.2 Å². The summed E-state index contributed by atoms with van der Waals surface area (Å²) in [6.07, 6.45) is 0. The van der Waals surface area contributed by atoms with Gasteiger partial charge in [-0.3, -0.25) is 4.79 Å². The van der Waals surface area contributed by atoms with Crippen molar-refractivity contribution < 1.29 is 22.7 Å². The van der Waals surface area contributed by atoms with Gasteiger partial charge in [0.2, 0.25) is 10.0 Å². The number of nitrogens with zero attached hydrogens (tertiary/aromatic N) is 2. The smallest absolute Gasteiger partial charge is 0.253 e. The van der Waals surface area contributed by atoms with E-state index >= 15 is 0 Å². The topological polar surface area (TPSA) is 76.2 Å². The van der Waals surface area contributed by atoms with Crippen LogP contribution in [0.4, 0.5) is 0 Å². The fourth-order valence-corrected chi connectivity index (χ4v) is 5.01. The van der Waals surface area contributed by atoms with Gasteiger partial charge in [-0.2, -0.15) is 4.31 Å². The second-order valence-corrected chi connectivity index (χ2v) is 9.38. The highest BCUT2D eigenvalue weighted by molar-refractivity contribution is 7.89. The summed E-state index contributed by atoms with van der Waals surface area (Å²) in [4.78, 5) is 14.4. The first-order valence-electron chi connectivity index (χ1n) is 9.00. The van der Waals surface area contributed by atoms with E-state index in [-0.39, 0.29) is 37.0 Å². The number of halogens is 2. The first-order chi connectivity index (χ1) is 13.9. The third-order valence-electron chi connectivity index (χ3n) is 4.84. The van der Waals surface area contributed by atoms with E-state index in [0.29, 0.717) is 40.3 Å². The van der Waals surface area contributed by atoms with Crippen LogP contribution >= 0.6 is 23.2 Å². The Morgan fingerprint density at radius 1 is 0.862 bits per heavy atom. The minimum atomic E-state index is -3.70. The molecule has 4 rings (SSSR count). The number of sulfonamides is 1. The number of fused-ring (bicyclic) bond motifs is 1. The fraction of sp³-hybridized carbons (Fsp3) is 0.316. The number of ether oxygens (including phenoxy) is 2. The largest absolute Gasteiger partial charge is 0.486 e. The number of rotatable bonds is 3. The zero-order chi connectivity index (χ0) is 20.6. The van der Waals surface area contributed by atoms with Crippen molar-refractivity contribution >= 4 is 39.1 Å². The molecule has 2 aromatic carbocycles. The average molecular weight is 457 g/mol. The van der Waals surface area contributed by atoms with Crippen molar-refractivity contribution in [3.63, 3.8) is 0 Å². The van der Waals surface area contributed by atoms with Crippen molar-refractivity contribution in [2.24, 2.45) is 0 Å². The van der Waals surface area contributed by atoms with Crippen molar-refractivity contribution in [1.82, 2.24) is 9.21 Å². The first-order valence-corrected chi connectivity index (χ1v) is 11.2. The lowest BCUT2D eigenvalue weighted by molar-refractivity contribution is 0.0698. The van der Waals surface area contributed by atoms with Gasteiger partial charge < -0.3 is 14.4 Å². The number of amides is 1. The molecule has 0 aromatic heterocycles. The van der Waals surface area contributed by atoms with Crippen molar-refractivity contribution in [2.75, 3.05) is 39.4 Å². The Kier molecular flexibility index (Phi) is 5.61. The highest BCUT2D eigenvalue weighted by Crippen LogP contribution is 2.33. The van der Waals surface area contributed by atoms with Crippen LogP contribution in [0.15, 0.2) is 41.3 Å². The lowest BCUT2D eigenvalue weighted by Gasteiger charge is -2.34. The van der Waals surface area contributed by atoms with Gasteiger partial charge in [-0.15, -0.1) is 0 Å². The number of benzene rings is 2. The van der Waals surface area contributed by atoms with Crippen LogP contribution in [0, 0.1) is 0 Å². The van der Waals surface area contributed by atoms with Gasteiger partial charge >= 0.3 is 0 Å². The molecule has 154 valence electrons. The summed E-state index contributed by atoms with van der Waals surface area (Å²) >= 11 is 11.9. The monoisotopic (exact) mass is 456 g/mol. The van der Waals surface area contributed by atoms with Crippen LogP contribution in [0.1, 0.15) is 10.4 Å². The number of hydrogen-bond acceptors (Lipinski definition) is 5. The molecule has 2 aliphatic heterocycles. The standard InChI is InChI=1S/C19H18Cl2N2O5S/c20-15-3-1-13(11-16(15)21)19(24)22-5-7-23(8-6-22)29(25,26)14-2-4-17-18(12-14)28-10-9-27-17/h1-4,11-12H,5-10H2. The molecule has 2 aliphatic rings. The Labute approximate surface area is 178 Å². The number of carbonyl (C=O) groups excluding carboxylic acids is 1. The number of hydrogen-bond donors (Lipinski definition) is 0. The molecular weight excluding hydrogens is 439 g/mol. The molecule has 2 heterocycles. The molecule has 0 saturated carbocycles. The Bertz CT molecular complexity index is 1050. The Morgan fingerprint density at radius 2 is 1.55 bits per heavy atom. The third-order valence-corrected chi connectivity index (χ3v) is 7.48. The maximum absolute atomic E-state index is 13.0. The summed E-state index contributed by atoms with van der Waals surface area (Å²) < 4.78 is 38.3. The molecule has 10 heteroatoms. The van der Waals surface area contributed by atoms with Crippen molar-refractivity contribution in [2.45, 2.75) is 4.90 Å². The summed E-state index contributed by atoms with van der Waals surface area (Å²) in [5, 5.41) is 0.677. The quantitative estimate of drug-likeness (QED) is 0.709. The summed E-state index contributed by atoms with van der Waals surface area (Å²) in [5.41, 5.74) is 0.419. The van der Waals surface area contributed by atoms with Crippen molar-refractivity contribution in [3.05, 3.63) is 52.0 Å². The zero-order valence-electron chi connectivity index (χ0n) is 15.3. The van der Waals surface area contributed by atoms with Gasteiger partial charge in [0, 0.05) is 37.8 Å². The normalized spacial score (nSPS) is 17.2. The van der Waals surface area contributed by atoms with Crippen LogP contribution in [0.2, 0.25) is 10.0 Å². The average Bonchev–Trinajstić information content (AvgIpc) is 2.75. The maximum Gasteiger partial charge on any atom is 0.253 e. The van der Waals surface area contributed by atoms with E-state index in [4.69, 9.17) is 32.7 Å². The van der Waals surface area contributed by atoms with Gasteiger partial charge in [-0.25, -0.2) is 8.42 Å². The van der Waals surface area contributed by atoms with Crippen molar-refractivity contribution in [3.8, 4) is 11.5 Å². The SMILES string of the molecule is O=C(c1ccc(Cl)c(Cl)c1)N1CCN(S(=O)(=O)c2ccc3c(c2)OCCO3)CC1. The van der Waals surface area contributed by atoms with E-state index in [1.807, 2.05) is 0 Å². The van der Waals surface area contributed by atoms with Crippen LogP contribution in [-0.4, -0.2) is 62.9 Å². The van der Waals surface area contributed by atoms with E-state index in [2.05, 4.69) is 0 Å². The zero-order valence-corrected chi connectivity index (χ0v) is 17.6. The molecule has 1 fully saturated rings. The molecule has 0 aliphatic carbocycles. The molecule has 7 nitrogen and oxygen atoms in total. The highest BCUT2D eigenvalue weighted by atomic mass is 35.5. The lowest BCUT2D eigenvalue weighted by atomic mass is 10.2. The van der Waals surface area contributed by atoms with E-state index in [1.165, 1.54) is 22.5 Å². The van der Waals surface area contributed by atoms with Gasteiger partial charge in [0.1, 0.15) is 13.2 Å². The first kappa shape index (κ1) is 20.3. The predicted molar refractivity (Wildman–Crippen MR) is 109 cm³/mol. The summed E-state index contributed by atoms with van der Waals surface area (Å²) in [5.74, 6) is 0.748. The molecule has 2 aromatic rings. The second kappa shape index (κ2) is 8.02. The molecule has 0 bridgehead atoms. The van der Waals surface area contributed by atoms with Crippen LogP contribution in [0.5, 0.6) is 11.5 Å². The molecule has 1 amide bonds. The molecule has 0 spiro atoms. The van der Waals surface area contributed by atoms with Gasteiger partial charge in [0.05, 0.1) is 14.9 Å². The van der Waals surface area contributed by atoms with Gasteiger partial charge in [0.15, 0.2) is 11.5 Å². The van der Waals surface area contributed by atoms with Crippen LogP contribution in [0.25, 0.3) is 0 Å². The molecular formula is C19H18Cl2N2O5S. The minimum Gasteiger partial charge on any atom is -0.486 e. The summed E-state index contributed by atoms with van der Waals surface area (Å²) in [6, 6.07) is 9.29. The lowest BCUT2D eigenvalue weighted by Crippen LogP contribution is -2.50. The van der Waals surface area contributed by atoms with Crippen LogP contribution in [-0.2, 0) is 10.0 Å². The molecule has 0 unspecified atom stereocenters. The number of carbonyl (C=O) groups is 1. The van der Waals surface area contributed by atoms with E-state index in [1.54, 1.807) is 23.1 Å². The van der Waals surface area contributed by atoms with Crippen molar-refractivity contribution in [1.29, 1.82) is 0 Å². The van der Waals surface area contributed by atoms with E-state index < -0.39 is 10.0 Å². The predicted octanol–water partition coefficient (Wildman–Crippen LogP) is 2.91. The molecule has 0 N–H and O–H groups in total. The third kappa shape index (κ3) is 4.02. The highest BCUT2D eigenvalue weighted by Gasteiger charge is 2.31. The van der Waals surface area contributed by atoms with E-state index in [0.717, 1.165) is 0 Å². The van der Waals surface area contributed by atoms with Gasteiger partial charge in [-0.05, 0) is 30.3 Å². The Balaban J connectivity index is 1.46. The van der Waals surface area contributed by atoms with Crippen LogP contribution < -0.4 is 9.47 Å².